The van der Waals surface area contributed by atoms with Crippen LogP contribution < -0.4 is 5.32 Å². The van der Waals surface area contributed by atoms with Crippen LogP contribution in [0, 0.1) is 5.92 Å². The molecule has 17 heavy (non-hydrogen) atoms. The van der Waals surface area contributed by atoms with Crippen LogP contribution in [0.3, 0.4) is 0 Å². The van der Waals surface area contributed by atoms with Crippen molar-refractivity contribution in [3.8, 4) is 5.75 Å². The van der Waals surface area contributed by atoms with Crippen LogP contribution in [0.1, 0.15) is 44.1 Å². The van der Waals surface area contributed by atoms with E-state index in [4.69, 9.17) is 0 Å². The number of para-hydroxylation sites is 1. The molecule has 0 bridgehead atoms. The van der Waals surface area contributed by atoms with Crippen molar-refractivity contribution in [3.05, 3.63) is 29.8 Å². The molecule has 0 unspecified atom stereocenters. The van der Waals surface area contributed by atoms with Gasteiger partial charge in [0.2, 0.25) is 0 Å². The Bertz CT molecular complexity index is 329. The van der Waals surface area contributed by atoms with Gasteiger partial charge in [-0.2, -0.15) is 0 Å². The van der Waals surface area contributed by atoms with E-state index in [1.54, 1.807) is 6.07 Å². The molecule has 0 heterocycles. The highest BCUT2D eigenvalue weighted by Gasteiger charge is 2.11. The van der Waals surface area contributed by atoms with Gasteiger partial charge in [0, 0.05) is 12.1 Å². The fourth-order valence-electron chi connectivity index (χ4n) is 2.64. The van der Waals surface area contributed by atoms with E-state index in [2.05, 4.69) is 5.32 Å². The van der Waals surface area contributed by atoms with E-state index in [9.17, 15) is 5.11 Å². The molecule has 0 aromatic heterocycles. The molecule has 1 fully saturated rings. The topological polar surface area (TPSA) is 32.3 Å². The summed E-state index contributed by atoms with van der Waals surface area (Å²) in [6.45, 7) is 1.87. The maximum atomic E-state index is 9.65. The second-order valence-electron chi connectivity index (χ2n) is 5.12. The van der Waals surface area contributed by atoms with Crippen LogP contribution in [-0.2, 0) is 6.54 Å². The fourth-order valence-corrected chi connectivity index (χ4v) is 2.64. The Balaban J connectivity index is 1.73. The summed E-state index contributed by atoms with van der Waals surface area (Å²) in [5.74, 6) is 1.24. The Morgan fingerprint density at radius 2 is 1.76 bits per heavy atom. The first-order valence-electron chi connectivity index (χ1n) is 6.84. The van der Waals surface area contributed by atoms with E-state index in [1.165, 1.54) is 38.5 Å². The third-order valence-electron chi connectivity index (χ3n) is 3.71. The standard InChI is InChI=1S/C15H23NO/c17-15-10-6-5-9-14(15)12-16-11-13-7-3-1-2-4-8-13/h5-6,9-10,13,16-17H,1-4,7-8,11-12H2. The minimum atomic E-state index is 0.404. The van der Waals surface area contributed by atoms with Crippen LogP contribution in [0.2, 0.25) is 0 Å². The van der Waals surface area contributed by atoms with Crippen molar-refractivity contribution in [2.75, 3.05) is 6.54 Å². The summed E-state index contributed by atoms with van der Waals surface area (Å²) in [6, 6.07) is 7.57. The number of phenols is 1. The predicted molar refractivity (Wildman–Crippen MR) is 71.0 cm³/mol. The maximum Gasteiger partial charge on any atom is 0.120 e. The molecule has 1 aliphatic rings. The van der Waals surface area contributed by atoms with Gasteiger partial charge in [0.1, 0.15) is 5.75 Å². The van der Waals surface area contributed by atoms with Crippen molar-refractivity contribution in [1.29, 1.82) is 0 Å². The fraction of sp³-hybridized carbons (Fsp3) is 0.600. The maximum absolute atomic E-state index is 9.65. The number of rotatable bonds is 4. The molecule has 1 aromatic rings. The van der Waals surface area contributed by atoms with E-state index in [-0.39, 0.29) is 0 Å². The highest BCUT2D eigenvalue weighted by molar-refractivity contribution is 5.31. The van der Waals surface area contributed by atoms with Crippen LogP contribution in [0.15, 0.2) is 24.3 Å². The molecule has 1 aliphatic carbocycles. The van der Waals surface area contributed by atoms with Crippen LogP contribution in [0.5, 0.6) is 5.75 Å². The van der Waals surface area contributed by atoms with Crippen LogP contribution in [0.4, 0.5) is 0 Å². The number of hydrogen-bond donors (Lipinski definition) is 2. The lowest BCUT2D eigenvalue weighted by Gasteiger charge is -2.15. The smallest absolute Gasteiger partial charge is 0.120 e. The first-order valence-corrected chi connectivity index (χ1v) is 6.84. The highest BCUT2D eigenvalue weighted by Crippen LogP contribution is 2.22. The lowest BCUT2D eigenvalue weighted by Crippen LogP contribution is -2.22. The summed E-state index contributed by atoms with van der Waals surface area (Å²) >= 11 is 0. The van der Waals surface area contributed by atoms with Crippen molar-refractivity contribution in [1.82, 2.24) is 5.32 Å². The second-order valence-corrected chi connectivity index (χ2v) is 5.12. The van der Waals surface area contributed by atoms with Gasteiger partial charge in [-0.1, -0.05) is 43.9 Å². The zero-order chi connectivity index (χ0) is 11.9. The van der Waals surface area contributed by atoms with Crippen LogP contribution in [0.25, 0.3) is 0 Å². The van der Waals surface area contributed by atoms with E-state index in [0.29, 0.717) is 5.75 Å². The largest absolute Gasteiger partial charge is 0.508 e. The van der Waals surface area contributed by atoms with E-state index in [1.807, 2.05) is 18.2 Å². The summed E-state index contributed by atoms with van der Waals surface area (Å²) in [6.07, 6.45) is 8.35. The number of nitrogens with one attached hydrogen (secondary N) is 1. The van der Waals surface area contributed by atoms with Crippen molar-refractivity contribution >= 4 is 0 Å². The van der Waals surface area contributed by atoms with Crippen molar-refractivity contribution in [2.45, 2.75) is 45.1 Å². The summed E-state index contributed by atoms with van der Waals surface area (Å²) < 4.78 is 0. The average molecular weight is 233 g/mol. The molecule has 2 N–H and O–H groups in total. The molecular weight excluding hydrogens is 210 g/mol. The van der Waals surface area contributed by atoms with Gasteiger partial charge < -0.3 is 10.4 Å². The number of aromatic hydroxyl groups is 1. The third kappa shape index (κ3) is 4.04. The van der Waals surface area contributed by atoms with Crippen LogP contribution >= 0.6 is 0 Å². The number of benzene rings is 1. The molecule has 2 heteroatoms. The molecular formula is C15H23NO. The first kappa shape index (κ1) is 12.4. The van der Waals surface area contributed by atoms with Gasteiger partial charge >= 0.3 is 0 Å². The molecule has 2 rings (SSSR count). The molecule has 0 amide bonds. The zero-order valence-corrected chi connectivity index (χ0v) is 10.5. The molecule has 0 aliphatic heterocycles. The third-order valence-corrected chi connectivity index (χ3v) is 3.71. The molecule has 1 aromatic carbocycles. The van der Waals surface area contributed by atoms with Gasteiger partial charge in [0.05, 0.1) is 0 Å². The zero-order valence-electron chi connectivity index (χ0n) is 10.5. The van der Waals surface area contributed by atoms with Gasteiger partial charge in [-0.05, 0) is 31.4 Å². The number of phenolic OH excluding ortho intramolecular Hbond substituents is 1. The van der Waals surface area contributed by atoms with Gasteiger partial charge in [-0.15, -0.1) is 0 Å². The van der Waals surface area contributed by atoms with Gasteiger partial charge in [0.15, 0.2) is 0 Å². The lowest BCUT2D eigenvalue weighted by molar-refractivity contribution is 0.419. The SMILES string of the molecule is Oc1ccccc1CNCC1CCCCCC1. The Hall–Kier alpha value is -1.02. The minimum Gasteiger partial charge on any atom is -0.508 e. The molecule has 0 spiro atoms. The van der Waals surface area contributed by atoms with Gasteiger partial charge in [-0.25, -0.2) is 0 Å². The molecule has 94 valence electrons. The monoisotopic (exact) mass is 233 g/mol. The van der Waals surface area contributed by atoms with Crippen molar-refractivity contribution in [3.63, 3.8) is 0 Å². The average Bonchev–Trinajstić information content (AvgIpc) is 2.60. The quantitative estimate of drug-likeness (QED) is 0.781. The van der Waals surface area contributed by atoms with E-state index < -0.39 is 0 Å². The highest BCUT2D eigenvalue weighted by atomic mass is 16.3. The Labute approximate surface area is 104 Å². The molecule has 0 saturated heterocycles. The van der Waals surface area contributed by atoms with Crippen LogP contribution in [-0.4, -0.2) is 11.7 Å². The second kappa shape index (κ2) is 6.65. The van der Waals surface area contributed by atoms with Crippen molar-refractivity contribution < 1.29 is 5.11 Å². The first-order chi connectivity index (χ1) is 8.36. The summed E-state index contributed by atoms with van der Waals surface area (Å²) in [5.41, 5.74) is 1.00. The molecule has 0 radical (unpaired) electrons. The lowest BCUT2D eigenvalue weighted by atomic mass is 10.0. The summed E-state index contributed by atoms with van der Waals surface area (Å²) in [4.78, 5) is 0. The van der Waals surface area contributed by atoms with Crippen molar-refractivity contribution in [2.24, 2.45) is 5.92 Å². The normalized spacial score (nSPS) is 17.9. The van der Waals surface area contributed by atoms with E-state index in [0.717, 1.165) is 24.6 Å². The summed E-state index contributed by atoms with van der Waals surface area (Å²) in [7, 11) is 0. The Morgan fingerprint density at radius 3 is 2.47 bits per heavy atom. The molecule has 0 atom stereocenters. The Morgan fingerprint density at radius 1 is 1.06 bits per heavy atom. The number of hydrogen-bond acceptors (Lipinski definition) is 2. The van der Waals surface area contributed by atoms with Gasteiger partial charge in [-0.3, -0.25) is 0 Å². The van der Waals surface area contributed by atoms with Gasteiger partial charge in [0.25, 0.3) is 0 Å². The summed E-state index contributed by atoms with van der Waals surface area (Å²) in [5, 5.41) is 13.1. The molecule has 2 nitrogen and oxygen atoms in total. The minimum absolute atomic E-state index is 0.404. The Kier molecular flexibility index (Phi) is 4.87. The predicted octanol–water partition coefficient (Wildman–Crippen LogP) is 3.45. The molecule has 1 saturated carbocycles. The van der Waals surface area contributed by atoms with E-state index >= 15 is 0 Å².